The number of hydrogen-bond acceptors (Lipinski definition) is 4. The van der Waals surface area contributed by atoms with E-state index in [1.54, 1.807) is 0 Å². The predicted octanol–water partition coefficient (Wildman–Crippen LogP) is 8.29. The molecule has 204 valence electrons. The molecule has 0 fully saturated rings. The Morgan fingerprint density at radius 1 is 0.816 bits per heavy atom. The van der Waals surface area contributed by atoms with Crippen molar-refractivity contribution in [3.05, 3.63) is 88.5 Å². The minimum atomic E-state index is -2.40. The molecule has 0 radical (unpaired) electrons. The molecule has 3 aromatic carbocycles. The van der Waals surface area contributed by atoms with Crippen LogP contribution in [0.2, 0.25) is 36.3 Å². The molecule has 0 spiro atoms. The smallest absolute Gasteiger partial charge is 0.250 e. The summed E-state index contributed by atoms with van der Waals surface area (Å²) in [7, 11) is -4.46. The number of ether oxygens (including phenoxy) is 1. The lowest BCUT2D eigenvalue weighted by atomic mass is 9.76. The molecule has 0 saturated carbocycles. The molecule has 6 heteroatoms. The lowest BCUT2D eigenvalue weighted by Gasteiger charge is -2.39. The van der Waals surface area contributed by atoms with E-state index in [0.717, 1.165) is 34.4 Å². The summed E-state index contributed by atoms with van der Waals surface area (Å²) < 4.78 is 13.1. The molecule has 0 bridgehead atoms. The van der Waals surface area contributed by atoms with Crippen molar-refractivity contribution in [3.63, 3.8) is 0 Å². The zero-order valence-corrected chi connectivity index (χ0v) is 26.7. The second-order valence-corrected chi connectivity index (χ2v) is 22.8. The van der Waals surface area contributed by atoms with Gasteiger partial charge in [-0.05, 0) is 84.5 Å². The van der Waals surface area contributed by atoms with Crippen LogP contribution in [0.3, 0.4) is 0 Å². The number of hydrogen-bond donors (Lipinski definition) is 2. The van der Waals surface area contributed by atoms with Crippen molar-refractivity contribution in [1.82, 2.24) is 0 Å². The molecule has 2 N–H and O–H groups in total. The number of rotatable bonds is 6. The highest BCUT2D eigenvalue weighted by atomic mass is 28.4. The second kappa shape index (κ2) is 9.37. The first-order valence-electron chi connectivity index (χ1n) is 13.5. The molecule has 0 amide bonds. The molecule has 4 rings (SSSR count). The Labute approximate surface area is 230 Å². The van der Waals surface area contributed by atoms with Crippen molar-refractivity contribution in [2.45, 2.75) is 89.8 Å². The van der Waals surface area contributed by atoms with E-state index in [0.29, 0.717) is 17.1 Å². The maximum absolute atomic E-state index is 12.6. The van der Waals surface area contributed by atoms with Gasteiger partial charge in [-0.1, -0.05) is 71.0 Å². The highest BCUT2D eigenvalue weighted by Gasteiger charge is 2.45. The maximum atomic E-state index is 12.6. The molecule has 1 heterocycles. The van der Waals surface area contributed by atoms with Crippen LogP contribution in [0.1, 0.15) is 62.4 Å². The normalized spacial score (nSPS) is 17.9. The molecule has 0 saturated heterocycles. The van der Waals surface area contributed by atoms with Crippen molar-refractivity contribution < 1.29 is 19.1 Å². The molecule has 3 aromatic rings. The van der Waals surface area contributed by atoms with Gasteiger partial charge in [-0.3, -0.25) is 0 Å². The van der Waals surface area contributed by atoms with Crippen molar-refractivity contribution in [2.75, 3.05) is 0 Å². The number of aryl methyl sites for hydroxylation is 1. The summed E-state index contributed by atoms with van der Waals surface area (Å²) in [6, 6.07) is 19.9. The Kier molecular flexibility index (Phi) is 7.05. The van der Waals surface area contributed by atoms with Gasteiger partial charge in [0.2, 0.25) is 8.32 Å². The van der Waals surface area contributed by atoms with Gasteiger partial charge in [-0.15, -0.1) is 0 Å². The highest BCUT2D eigenvalue weighted by molar-refractivity contribution is 6.74. The average Bonchev–Trinajstić information content (AvgIpc) is 2.77. The van der Waals surface area contributed by atoms with Gasteiger partial charge in [-0.25, -0.2) is 0 Å². The third-order valence-electron chi connectivity index (χ3n) is 9.01. The van der Waals surface area contributed by atoms with Crippen LogP contribution in [0.4, 0.5) is 0 Å². The van der Waals surface area contributed by atoms with E-state index in [1.165, 1.54) is 0 Å². The topological polar surface area (TPSA) is 58.9 Å². The molecule has 1 aliphatic heterocycles. The summed E-state index contributed by atoms with van der Waals surface area (Å²) in [5.74, 6) is 2.00. The van der Waals surface area contributed by atoms with Crippen molar-refractivity contribution >= 4 is 16.6 Å². The monoisotopic (exact) mass is 548 g/mol. The van der Waals surface area contributed by atoms with E-state index in [1.807, 2.05) is 74.6 Å². The van der Waals surface area contributed by atoms with Crippen LogP contribution in [0.15, 0.2) is 60.7 Å². The second-order valence-electron chi connectivity index (χ2n) is 13.6. The van der Waals surface area contributed by atoms with Crippen molar-refractivity contribution in [3.8, 4) is 17.2 Å². The fraction of sp³-hybridized carbons (Fsp3) is 0.438. The number of fused-ring (bicyclic) bond motifs is 2. The van der Waals surface area contributed by atoms with Crippen LogP contribution in [0.5, 0.6) is 17.2 Å². The molecule has 0 aliphatic carbocycles. The van der Waals surface area contributed by atoms with E-state index in [-0.39, 0.29) is 10.1 Å². The Bertz CT molecular complexity index is 1270. The molecule has 0 aromatic heterocycles. The van der Waals surface area contributed by atoms with Crippen molar-refractivity contribution in [2.24, 2.45) is 0 Å². The Hall–Kier alpha value is -2.39. The zero-order chi connectivity index (χ0) is 28.3. The van der Waals surface area contributed by atoms with Crippen LogP contribution >= 0.6 is 0 Å². The van der Waals surface area contributed by atoms with Crippen LogP contribution in [-0.2, 0) is 12.0 Å². The maximum Gasteiger partial charge on any atom is 0.250 e. The summed E-state index contributed by atoms with van der Waals surface area (Å²) in [6.45, 7) is 21.4. The minimum Gasteiger partial charge on any atom is -0.543 e. The van der Waals surface area contributed by atoms with Crippen LogP contribution in [0.25, 0.3) is 0 Å². The molecule has 1 aliphatic rings. The van der Waals surface area contributed by atoms with Gasteiger partial charge in [0, 0.05) is 17.2 Å². The summed E-state index contributed by atoms with van der Waals surface area (Å²) in [5, 5.41) is 12.4. The molecule has 38 heavy (non-hydrogen) atoms. The van der Waals surface area contributed by atoms with Gasteiger partial charge < -0.3 is 19.1 Å². The third kappa shape index (κ3) is 4.99. The first-order chi connectivity index (χ1) is 17.4. The molecule has 4 nitrogen and oxygen atoms in total. The van der Waals surface area contributed by atoms with E-state index in [9.17, 15) is 9.90 Å². The first-order valence-corrected chi connectivity index (χ1v) is 19.4. The third-order valence-corrected chi connectivity index (χ3v) is 16.9. The van der Waals surface area contributed by atoms with Crippen molar-refractivity contribution in [1.29, 1.82) is 0 Å². The summed E-state index contributed by atoms with van der Waals surface area (Å²) in [4.78, 5) is 10.9. The molecular weight excluding hydrogens is 505 g/mol. The molecular formula is C32H44O4Si2. The van der Waals surface area contributed by atoms with Gasteiger partial charge >= 0.3 is 0 Å². The lowest BCUT2D eigenvalue weighted by Crippen LogP contribution is -2.43. The fourth-order valence-corrected chi connectivity index (χ4v) is 6.38. The quantitative estimate of drug-likeness (QED) is 0.304. The Balaban J connectivity index is 1.86. The Morgan fingerprint density at radius 3 is 1.97 bits per heavy atom. The average molecular weight is 549 g/mol. The Morgan fingerprint density at radius 2 is 1.39 bits per heavy atom. The lowest BCUT2D eigenvalue weighted by molar-refractivity contribution is 0.112. The van der Waals surface area contributed by atoms with Crippen LogP contribution in [0, 0.1) is 6.92 Å². The van der Waals surface area contributed by atoms with Gasteiger partial charge in [0.25, 0.3) is 0 Å². The zero-order valence-electron chi connectivity index (χ0n) is 24.7. The first kappa shape index (κ1) is 28.6. The summed E-state index contributed by atoms with van der Waals surface area (Å²) in [5.41, 5.74) is 2.98. The van der Waals surface area contributed by atoms with E-state index in [4.69, 9.17) is 9.16 Å². The fourth-order valence-electron chi connectivity index (χ4n) is 4.72. The predicted molar refractivity (Wildman–Crippen MR) is 162 cm³/mol. The van der Waals surface area contributed by atoms with E-state index in [2.05, 4.69) is 53.8 Å². The van der Waals surface area contributed by atoms with Gasteiger partial charge in [0.15, 0.2) is 8.32 Å². The summed E-state index contributed by atoms with van der Waals surface area (Å²) >= 11 is 0. The summed E-state index contributed by atoms with van der Waals surface area (Å²) in [6.07, 6.45) is 0.726. The molecule has 1 atom stereocenters. The largest absolute Gasteiger partial charge is 0.543 e. The van der Waals surface area contributed by atoms with Crippen LogP contribution in [-0.4, -0.2) is 26.5 Å². The van der Waals surface area contributed by atoms with Gasteiger partial charge in [0.05, 0.1) is 0 Å². The van der Waals surface area contributed by atoms with E-state index < -0.39 is 22.2 Å². The van der Waals surface area contributed by atoms with E-state index >= 15 is 0 Å². The number of benzene rings is 3. The van der Waals surface area contributed by atoms with Gasteiger partial charge in [0.1, 0.15) is 22.8 Å². The van der Waals surface area contributed by atoms with Crippen LogP contribution < -0.4 is 9.16 Å². The molecule has 1 unspecified atom stereocenters. The SMILES string of the molecule is Cc1ccccc1C1(O)c2ccc(CC(C)(C)[Si](C)(C)O)cc2Oc2cc(O[Si](C)(C)C(C)(C)C)ccc21. The minimum absolute atomic E-state index is 0.0593. The standard InChI is InChI=1S/C32H44O4Si2/c1-22-13-11-12-14-25(22)32(33)26-17-15-23(21-31(5,6)37(7,8)34)19-28(26)35-29-20-24(16-18-27(29)32)36-38(9,10)30(2,3)4/h11-20,33-34H,21H2,1-10H3. The highest BCUT2D eigenvalue weighted by Crippen LogP contribution is 2.53. The van der Waals surface area contributed by atoms with Gasteiger partial charge in [-0.2, -0.15) is 0 Å². The number of aliphatic hydroxyl groups is 1.